The molecule has 0 N–H and O–H groups in total. The Hall–Kier alpha value is -3.24. The van der Waals surface area contributed by atoms with E-state index in [2.05, 4.69) is 22.6 Å². The van der Waals surface area contributed by atoms with Crippen molar-refractivity contribution in [3.63, 3.8) is 0 Å². The third-order valence-corrected chi connectivity index (χ3v) is 7.16. The summed E-state index contributed by atoms with van der Waals surface area (Å²) in [4.78, 5) is 38.6. The SMILES string of the molecule is C[C@H]1O[C@@H](OC(=O)c2ccccc2)[C@@H](OC(=O)c2ccccc2)[C@H](OC(=O)c2ccccc2)[C@H]1I. The third kappa shape index (κ3) is 6.07. The molecule has 0 unspecified atom stereocenters. The molecule has 0 saturated carbocycles. The topological polar surface area (TPSA) is 88.1 Å². The predicted octanol–water partition coefficient (Wildman–Crippen LogP) is 4.84. The standard InChI is InChI=1S/C27H23IO7/c1-17-21(28)22(33-24(29)18-11-5-2-6-12-18)23(34-25(30)19-13-7-3-8-14-19)27(32-17)35-26(31)20-15-9-4-10-16-20/h2-17,21-23,27H,1H3/t17-,21+,22-,23+,27+/m1/s1. The second-order valence-electron chi connectivity index (χ2n) is 7.90. The first-order chi connectivity index (χ1) is 16.9. The van der Waals surface area contributed by atoms with E-state index in [1.54, 1.807) is 97.9 Å². The summed E-state index contributed by atoms with van der Waals surface area (Å²) in [5.41, 5.74) is 0.963. The number of benzene rings is 3. The van der Waals surface area contributed by atoms with Gasteiger partial charge in [-0.2, -0.15) is 0 Å². The molecule has 180 valence electrons. The number of carbonyl (C=O) groups is 3. The number of carbonyl (C=O) groups excluding carboxylic acids is 3. The van der Waals surface area contributed by atoms with Crippen molar-refractivity contribution in [1.29, 1.82) is 0 Å². The van der Waals surface area contributed by atoms with Crippen LogP contribution in [0.15, 0.2) is 91.0 Å². The van der Waals surface area contributed by atoms with Crippen LogP contribution in [0.5, 0.6) is 0 Å². The molecule has 35 heavy (non-hydrogen) atoms. The van der Waals surface area contributed by atoms with Crippen molar-refractivity contribution in [3.05, 3.63) is 108 Å². The largest absolute Gasteiger partial charge is 0.453 e. The fraction of sp³-hybridized carbons (Fsp3) is 0.222. The average molecular weight is 586 g/mol. The Morgan fingerprint density at radius 1 is 0.629 bits per heavy atom. The van der Waals surface area contributed by atoms with E-state index in [1.165, 1.54) is 0 Å². The summed E-state index contributed by atoms with van der Waals surface area (Å²) in [5, 5.41) is 0. The van der Waals surface area contributed by atoms with Gasteiger partial charge in [0.1, 0.15) is 0 Å². The van der Waals surface area contributed by atoms with E-state index in [0.29, 0.717) is 16.7 Å². The summed E-state index contributed by atoms with van der Waals surface area (Å²) in [7, 11) is 0. The number of esters is 3. The van der Waals surface area contributed by atoms with Gasteiger partial charge in [0.2, 0.25) is 12.4 Å². The number of halogens is 1. The van der Waals surface area contributed by atoms with Crippen molar-refractivity contribution in [2.75, 3.05) is 0 Å². The summed E-state index contributed by atoms with van der Waals surface area (Å²) in [5.74, 6) is -1.89. The van der Waals surface area contributed by atoms with Crippen molar-refractivity contribution >= 4 is 40.5 Å². The van der Waals surface area contributed by atoms with Crippen LogP contribution in [0.4, 0.5) is 0 Å². The Morgan fingerprint density at radius 3 is 1.43 bits per heavy atom. The van der Waals surface area contributed by atoms with E-state index in [-0.39, 0.29) is 3.92 Å². The van der Waals surface area contributed by atoms with Gasteiger partial charge in [-0.05, 0) is 43.3 Å². The van der Waals surface area contributed by atoms with E-state index in [1.807, 2.05) is 0 Å². The first kappa shape index (κ1) is 24.9. The lowest BCUT2D eigenvalue weighted by atomic mass is 10.0. The second-order valence-corrected chi connectivity index (χ2v) is 9.34. The molecule has 1 saturated heterocycles. The zero-order valence-electron chi connectivity index (χ0n) is 18.8. The van der Waals surface area contributed by atoms with Gasteiger partial charge < -0.3 is 18.9 Å². The minimum atomic E-state index is -1.29. The van der Waals surface area contributed by atoms with Gasteiger partial charge in [-0.15, -0.1) is 0 Å². The molecular formula is C27H23IO7. The van der Waals surface area contributed by atoms with Crippen LogP contribution in [-0.4, -0.2) is 46.4 Å². The molecule has 1 aliphatic rings. The van der Waals surface area contributed by atoms with Crippen LogP contribution in [0.3, 0.4) is 0 Å². The smallest absolute Gasteiger partial charge is 0.340 e. The molecule has 0 spiro atoms. The lowest BCUT2D eigenvalue weighted by Gasteiger charge is -2.42. The van der Waals surface area contributed by atoms with Gasteiger partial charge in [-0.1, -0.05) is 77.2 Å². The van der Waals surface area contributed by atoms with E-state index in [9.17, 15) is 14.4 Å². The van der Waals surface area contributed by atoms with Crippen molar-refractivity contribution in [2.24, 2.45) is 0 Å². The van der Waals surface area contributed by atoms with Crippen LogP contribution < -0.4 is 0 Å². The normalized spacial score (nSPS) is 23.7. The molecule has 1 fully saturated rings. The molecule has 0 aromatic heterocycles. The fourth-order valence-electron chi connectivity index (χ4n) is 3.60. The van der Waals surface area contributed by atoms with E-state index in [0.717, 1.165) is 0 Å². The van der Waals surface area contributed by atoms with Crippen molar-refractivity contribution < 1.29 is 33.3 Å². The number of hydrogen-bond donors (Lipinski definition) is 0. The predicted molar refractivity (Wildman–Crippen MR) is 135 cm³/mol. The summed E-state index contributed by atoms with van der Waals surface area (Å²) >= 11 is 2.10. The lowest BCUT2D eigenvalue weighted by Crippen LogP contribution is -2.58. The molecule has 1 heterocycles. The molecule has 0 radical (unpaired) electrons. The van der Waals surface area contributed by atoms with Crippen LogP contribution in [0.25, 0.3) is 0 Å². The van der Waals surface area contributed by atoms with Crippen molar-refractivity contribution in [3.8, 4) is 0 Å². The van der Waals surface area contributed by atoms with Gasteiger partial charge in [-0.25, -0.2) is 14.4 Å². The molecule has 1 aliphatic heterocycles. The van der Waals surface area contributed by atoms with Crippen molar-refractivity contribution in [1.82, 2.24) is 0 Å². The third-order valence-electron chi connectivity index (χ3n) is 5.44. The molecule has 8 heteroatoms. The molecule has 0 bridgehead atoms. The number of alkyl halides is 1. The molecule has 0 aliphatic carbocycles. The quantitative estimate of drug-likeness (QED) is 0.177. The monoisotopic (exact) mass is 586 g/mol. The summed E-state index contributed by atoms with van der Waals surface area (Å²) in [6, 6.07) is 25.3. The number of hydrogen-bond acceptors (Lipinski definition) is 7. The fourth-order valence-corrected chi connectivity index (χ4v) is 4.32. The molecule has 5 atom stereocenters. The summed E-state index contributed by atoms with van der Waals surface area (Å²) < 4.78 is 22.8. The Kier molecular flexibility index (Phi) is 8.14. The zero-order valence-corrected chi connectivity index (χ0v) is 20.9. The minimum Gasteiger partial charge on any atom is -0.453 e. The molecule has 4 rings (SSSR count). The van der Waals surface area contributed by atoms with E-state index < -0.39 is 42.5 Å². The molecule has 0 amide bonds. The highest BCUT2D eigenvalue weighted by molar-refractivity contribution is 14.1. The minimum absolute atomic E-state index is 0.303. The second kappa shape index (κ2) is 11.5. The van der Waals surface area contributed by atoms with Crippen LogP contribution in [-0.2, 0) is 18.9 Å². The molecule has 7 nitrogen and oxygen atoms in total. The zero-order chi connectivity index (χ0) is 24.8. The Balaban J connectivity index is 1.63. The lowest BCUT2D eigenvalue weighted by molar-refractivity contribution is -0.236. The number of ether oxygens (including phenoxy) is 4. The maximum atomic E-state index is 12.9. The van der Waals surface area contributed by atoms with Gasteiger partial charge in [0.15, 0.2) is 6.10 Å². The Morgan fingerprint density at radius 2 is 1.00 bits per heavy atom. The summed E-state index contributed by atoms with van der Waals surface area (Å²) in [6.07, 6.45) is -3.89. The highest BCUT2D eigenvalue weighted by Gasteiger charge is 2.50. The summed E-state index contributed by atoms with van der Waals surface area (Å²) in [6.45, 7) is 1.78. The molecule has 3 aromatic rings. The van der Waals surface area contributed by atoms with E-state index >= 15 is 0 Å². The first-order valence-electron chi connectivity index (χ1n) is 11.0. The van der Waals surface area contributed by atoms with Crippen LogP contribution in [0.1, 0.15) is 38.0 Å². The van der Waals surface area contributed by atoms with Gasteiger partial charge in [0, 0.05) is 0 Å². The van der Waals surface area contributed by atoms with Crippen LogP contribution in [0, 0.1) is 0 Å². The highest BCUT2D eigenvalue weighted by atomic mass is 127. The van der Waals surface area contributed by atoms with Gasteiger partial charge in [0.05, 0.1) is 26.7 Å². The van der Waals surface area contributed by atoms with Gasteiger partial charge in [-0.3, -0.25) is 0 Å². The Labute approximate surface area is 216 Å². The highest BCUT2D eigenvalue weighted by Crippen LogP contribution is 2.33. The maximum Gasteiger partial charge on any atom is 0.340 e. The molecule has 3 aromatic carbocycles. The van der Waals surface area contributed by atoms with E-state index in [4.69, 9.17) is 18.9 Å². The van der Waals surface area contributed by atoms with Crippen LogP contribution >= 0.6 is 22.6 Å². The first-order valence-corrected chi connectivity index (χ1v) is 12.3. The maximum absolute atomic E-state index is 12.9. The molecular weight excluding hydrogens is 563 g/mol. The average Bonchev–Trinajstić information content (AvgIpc) is 2.90. The van der Waals surface area contributed by atoms with Gasteiger partial charge in [0.25, 0.3) is 0 Å². The van der Waals surface area contributed by atoms with Crippen LogP contribution in [0.2, 0.25) is 0 Å². The van der Waals surface area contributed by atoms with Crippen molar-refractivity contribution in [2.45, 2.75) is 35.5 Å². The van der Waals surface area contributed by atoms with Gasteiger partial charge >= 0.3 is 17.9 Å². The number of rotatable bonds is 6. The Bertz CT molecular complexity index is 1150.